The van der Waals surface area contributed by atoms with Crippen molar-refractivity contribution in [1.82, 2.24) is 20.2 Å². The van der Waals surface area contributed by atoms with E-state index >= 15 is 0 Å². The molecule has 2 aromatic heterocycles. The molecule has 2 heterocycles. The largest absolute Gasteiger partial charge is 0.469 e. The van der Waals surface area contributed by atoms with Gasteiger partial charge in [-0.15, -0.1) is 10.2 Å². The third kappa shape index (κ3) is 2.90. The summed E-state index contributed by atoms with van der Waals surface area (Å²) in [4.78, 5) is 1.59. The Morgan fingerprint density at radius 2 is 2.31 bits per heavy atom. The van der Waals surface area contributed by atoms with Crippen LogP contribution in [-0.2, 0) is 19.4 Å². The van der Waals surface area contributed by atoms with Crippen LogP contribution in [0.1, 0.15) is 18.0 Å². The van der Waals surface area contributed by atoms with Gasteiger partial charge in [0, 0.05) is 12.8 Å². The highest BCUT2D eigenvalue weighted by atomic mass is 16.3. The van der Waals surface area contributed by atoms with Gasteiger partial charge >= 0.3 is 0 Å². The number of nitrogens with zero attached hydrogens (tertiary/aromatic N) is 4. The second-order valence-corrected chi connectivity index (χ2v) is 3.52. The van der Waals surface area contributed by atoms with Crippen molar-refractivity contribution in [2.45, 2.75) is 25.8 Å². The van der Waals surface area contributed by atoms with Gasteiger partial charge in [0.2, 0.25) is 0 Å². The Morgan fingerprint density at radius 1 is 1.38 bits per heavy atom. The van der Waals surface area contributed by atoms with Gasteiger partial charge in [-0.1, -0.05) is 0 Å². The quantitative estimate of drug-likeness (QED) is 0.763. The molecular formula is C10H15N5O. The number of nitrogens with two attached hydrogens (primary N) is 1. The van der Waals surface area contributed by atoms with Gasteiger partial charge in [-0.25, -0.2) is 0 Å². The molecular weight excluding hydrogens is 206 g/mol. The Bertz CT molecular complexity index is 409. The molecule has 0 bridgehead atoms. The maximum Gasteiger partial charge on any atom is 0.175 e. The van der Waals surface area contributed by atoms with Crippen LogP contribution in [0.3, 0.4) is 0 Å². The summed E-state index contributed by atoms with van der Waals surface area (Å²) in [6.07, 6.45) is 4.08. The second kappa shape index (κ2) is 5.41. The van der Waals surface area contributed by atoms with Crippen LogP contribution in [0.25, 0.3) is 0 Å². The minimum absolute atomic E-state index is 0.642. The molecule has 2 rings (SSSR count). The molecule has 0 saturated heterocycles. The van der Waals surface area contributed by atoms with Crippen LogP contribution in [0.15, 0.2) is 22.8 Å². The topological polar surface area (TPSA) is 82.8 Å². The molecule has 2 aromatic rings. The number of aromatic nitrogens is 4. The maximum atomic E-state index is 5.40. The molecule has 0 unspecified atom stereocenters. The summed E-state index contributed by atoms with van der Waals surface area (Å²) in [5.41, 5.74) is 5.40. The molecule has 0 aliphatic heterocycles. The molecule has 6 heteroatoms. The molecule has 0 fully saturated rings. The van der Waals surface area contributed by atoms with E-state index in [9.17, 15) is 0 Å². The number of aryl methyl sites for hydroxylation is 3. The molecule has 2 N–H and O–H groups in total. The van der Waals surface area contributed by atoms with Gasteiger partial charge in [0.05, 0.1) is 12.8 Å². The first-order valence-electron chi connectivity index (χ1n) is 5.37. The predicted octanol–water partition coefficient (Wildman–Crippen LogP) is 0.400. The third-order valence-electron chi connectivity index (χ3n) is 2.23. The van der Waals surface area contributed by atoms with E-state index in [-0.39, 0.29) is 0 Å². The zero-order valence-electron chi connectivity index (χ0n) is 9.04. The highest BCUT2D eigenvalue weighted by Gasteiger charge is 2.04. The van der Waals surface area contributed by atoms with E-state index in [1.54, 1.807) is 11.1 Å². The van der Waals surface area contributed by atoms with Crippen LogP contribution in [0, 0.1) is 0 Å². The average Bonchev–Trinajstić information content (AvgIpc) is 2.95. The van der Waals surface area contributed by atoms with Crippen LogP contribution in [0.2, 0.25) is 0 Å². The van der Waals surface area contributed by atoms with Crippen molar-refractivity contribution in [3.8, 4) is 0 Å². The SMILES string of the molecule is NCCCn1nnc(CCc2ccco2)n1. The van der Waals surface area contributed by atoms with E-state index in [2.05, 4.69) is 15.4 Å². The van der Waals surface area contributed by atoms with Crippen molar-refractivity contribution in [2.75, 3.05) is 6.54 Å². The Morgan fingerprint density at radius 3 is 3.06 bits per heavy atom. The van der Waals surface area contributed by atoms with Crippen molar-refractivity contribution < 1.29 is 4.42 Å². The lowest BCUT2D eigenvalue weighted by atomic mass is 10.2. The molecule has 0 atom stereocenters. The first kappa shape index (κ1) is 10.8. The van der Waals surface area contributed by atoms with Gasteiger partial charge in [0.1, 0.15) is 5.76 Å². The molecule has 0 radical (unpaired) electrons. The summed E-state index contributed by atoms with van der Waals surface area (Å²) in [6.45, 7) is 1.37. The van der Waals surface area contributed by atoms with Crippen LogP contribution in [0.5, 0.6) is 0 Å². The normalized spacial score (nSPS) is 10.8. The number of tetrazole rings is 1. The van der Waals surface area contributed by atoms with Gasteiger partial charge in [-0.2, -0.15) is 4.80 Å². The summed E-state index contributed by atoms with van der Waals surface area (Å²) in [5, 5.41) is 12.2. The van der Waals surface area contributed by atoms with Crippen LogP contribution in [0.4, 0.5) is 0 Å². The van der Waals surface area contributed by atoms with E-state index < -0.39 is 0 Å². The average molecular weight is 221 g/mol. The smallest absolute Gasteiger partial charge is 0.175 e. The molecule has 0 aliphatic rings. The molecule has 86 valence electrons. The molecule has 6 nitrogen and oxygen atoms in total. The number of hydrogen-bond acceptors (Lipinski definition) is 5. The summed E-state index contributed by atoms with van der Waals surface area (Å²) in [5.74, 6) is 1.69. The minimum atomic E-state index is 0.642. The second-order valence-electron chi connectivity index (χ2n) is 3.52. The summed E-state index contributed by atoms with van der Waals surface area (Å²) < 4.78 is 5.23. The monoisotopic (exact) mass is 221 g/mol. The summed E-state index contributed by atoms with van der Waals surface area (Å²) >= 11 is 0. The van der Waals surface area contributed by atoms with E-state index in [4.69, 9.17) is 10.2 Å². The molecule has 16 heavy (non-hydrogen) atoms. The van der Waals surface area contributed by atoms with Gasteiger partial charge in [0.15, 0.2) is 5.82 Å². The predicted molar refractivity (Wildman–Crippen MR) is 57.6 cm³/mol. The van der Waals surface area contributed by atoms with E-state index in [0.29, 0.717) is 6.54 Å². The molecule has 0 saturated carbocycles. The Labute approximate surface area is 93.4 Å². The van der Waals surface area contributed by atoms with E-state index in [1.807, 2.05) is 12.1 Å². The van der Waals surface area contributed by atoms with Gasteiger partial charge in [-0.3, -0.25) is 0 Å². The number of hydrogen-bond donors (Lipinski definition) is 1. The van der Waals surface area contributed by atoms with Crippen molar-refractivity contribution >= 4 is 0 Å². The van der Waals surface area contributed by atoms with E-state index in [0.717, 1.165) is 37.4 Å². The third-order valence-corrected chi connectivity index (χ3v) is 2.23. The van der Waals surface area contributed by atoms with Crippen molar-refractivity contribution in [3.05, 3.63) is 30.0 Å². The summed E-state index contributed by atoms with van der Waals surface area (Å²) in [7, 11) is 0. The number of rotatable bonds is 6. The fourth-order valence-electron chi connectivity index (χ4n) is 1.39. The zero-order valence-corrected chi connectivity index (χ0v) is 9.04. The van der Waals surface area contributed by atoms with Crippen molar-refractivity contribution in [3.63, 3.8) is 0 Å². The molecule has 0 spiro atoms. The van der Waals surface area contributed by atoms with Crippen LogP contribution in [-0.4, -0.2) is 26.8 Å². The summed E-state index contributed by atoms with van der Waals surface area (Å²) in [6, 6.07) is 3.82. The fourth-order valence-corrected chi connectivity index (χ4v) is 1.39. The first-order valence-corrected chi connectivity index (χ1v) is 5.37. The zero-order chi connectivity index (χ0) is 11.2. The lowest BCUT2D eigenvalue weighted by Crippen LogP contribution is -2.08. The van der Waals surface area contributed by atoms with Gasteiger partial charge in [0.25, 0.3) is 0 Å². The highest BCUT2D eigenvalue weighted by Crippen LogP contribution is 2.03. The van der Waals surface area contributed by atoms with E-state index in [1.165, 1.54) is 0 Å². The maximum absolute atomic E-state index is 5.40. The molecule has 0 amide bonds. The van der Waals surface area contributed by atoms with Crippen LogP contribution >= 0.6 is 0 Å². The lowest BCUT2D eigenvalue weighted by molar-refractivity contribution is 0.497. The van der Waals surface area contributed by atoms with Gasteiger partial charge < -0.3 is 10.2 Å². The van der Waals surface area contributed by atoms with Crippen LogP contribution < -0.4 is 5.73 Å². The Hall–Kier alpha value is -1.69. The lowest BCUT2D eigenvalue weighted by Gasteiger charge is -1.94. The Balaban J connectivity index is 1.83. The van der Waals surface area contributed by atoms with Crippen molar-refractivity contribution in [2.24, 2.45) is 5.73 Å². The Kier molecular flexibility index (Phi) is 3.66. The standard InChI is InChI=1S/C10H15N5O/c11-6-2-7-15-13-10(12-14-15)5-4-9-3-1-8-16-9/h1,3,8H,2,4-7,11H2. The first-order chi connectivity index (χ1) is 7.88. The number of furan rings is 1. The van der Waals surface area contributed by atoms with Gasteiger partial charge in [-0.05, 0) is 30.3 Å². The fraction of sp³-hybridized carbons (Fsp3) is 0.500. The highest BCUT2D eigenvalue weighted by molar-refractivity contribution is 4.99. The molecule has 0 aromatic carbocycles. The minimum Gasteiger partial charge on any atom is -0.469 e. The van der Waals surface area contributed by atoms with Crippen molar-refractivity contribution in [1.29, 1.82) is 0 Å². The molecule has 0 aliphatic carbocycles.